The van der Waals surface area contributed by atoms with Crippen molar-refractivity contribution in [2.24, 2.45) is 0 Å². The van der Waals surface area contributed by atoms with E-state index in [2.05, 4.69) is 5.32 Å². The fourth-order valence-corrected chi connectivity index (χ4v) is 3.44. The Bertz CT molecular complexity index is 1200. The molecular weight excluding hydrogens is 372 g/mol. The van der Waals surface area contributed by atoms with Crippen molar-refractivity contribution in [1.29, 1.82) is 0 Å². The lowest BCUT2D eigenvalue weighted by molar-refractivity contribution is 0.0786. The minimum absolute atomic E-state index is 0.145. The second-order valence-electron chi connectivity index (χ2n) is 7.21. The van der Waals surface area contributed by atoms with Crippen LogP contribution in [0.15, 0.2) is 97.1 Å². The van der Waals surface area contributed by atoms with Gasteiger partial charge in [0.05, 0.1) is 11.3 Å². The summed E-state index contributed by atoms with van der Waals surface area (Å²) in [7, 11) is 1.76. The van der Waals surface area contributed by atoms with Crippen LogP contribution >= 0.6 is 0 Å². The van der Waals surface area contributed by atoms with Crippen molar-refractivity contribution in [3.63, 3.8) is 0 Å². The van der Waals surface area contributed by atoms with Crippen molar-refractivity contribution in [3.8, 4) is 0 Å². The number of hydrogen-bond acceptors (Lipinski definition) is 2. The Morgan fingerprint density at radius 2 is 1.43 bits per heavy atom. The van der Waals surface area contributed by atoms with Gasteiger partial charge in [0.2, 0.25) is 0 Å². The summed E-state index contributed by atoms with van der Waals surface area (Å²) in [4.78, 5) is 27.5. The SMILES string of the molecule is CN(Cc1ccccc1)C(=O)c1ccccc1NC(=O)c1ccc2ccccc2c1. The Labute approximate surface area is 175 Å². The number of amides is 2. The molecule has 0 aromatic heterocycles. The Balaban J connectivity index is 1.55. The molecule has 2 amide bonds. The van der Waals surface area contributed by atoms with E-state index >= 15 is 0 Å². The van der Waals surface area contributed by atoms with Gasteiger partial charge in [0, 0.05) is 19.2 Å². The lowest BCUT2D eigenvalue weighted by atomic mass is 10.1. The van der Waals surface area contributed by atoms with Crippen molar-refractivity contribution in [2.75, 3.05) is 12.4 Å². The zero-order valence-electron chi connectivity index (χ0n) is 16.7. The standard InChI is InChI=1S/C26H22N2O2/c1-28(18-19-9-3-2-4-10-19)26(30)23-13-7-8-14-24(23)27-25(29)22-16-15-20-11-5-6-12-21(20)17-22/h2-17H,18H2,1H3,(H,27,29). The molecule has 0 unspecified atom stereocenters. The van der Waals surface area contributed by atoms with Gasteiger partial charge in [0.1, 0.15) is 0 Å². The van der Waals surface area contributed by atoms with Crippen LogP contribution in [0.25, 0.3) is 10.8 Å². The maximum atomic E-state index is 13.0. The highest BCUT2D eigenvalue weighted by Gasteiger charge is 2.18. The van der Waals surface area contributed by atoms with Crippen LogP contribution in [0.2, 0.25) is 0 Å². The summed E-state index contributed by atoms with van der Waals surface area (Å²) in [6.07, 6.45) is 0. The van der Waals surface area contributed by atoms with Crippen LogP contribution in [0.1, 0.15) is 26.3 Å². The number of nitrogens with zero attached hydrogens (tertiary/aromatic N) is 1. The van der Waals surface area contributed by atoms with Gasteiger partial charge >= 0.3 is 0 Å². The topological polar surface area (TPSA) is 49.4 Å². The third-order valence-electron chi connectivity index (χ3n) is 5.03. The highest BCUT2D eigenvalue weighted by atomic mass is 16.2. The van der Waals surface area contributed by atoms with E-state index in [-0.39, 0.29) is 11.8 Å². The van der Waals surface area contributed by atoms with Gasteiger partial charge in [0.25, 0.3) is 11.8 Å². The number of nitrogens with one attached hydrogen (secondary N) is 1. The van der Waals surface area contributed by atoms with Gasteiger partial charge in [-0.15, -0.1) is 0 Å². The highest BCUT2D eigenvalue weighted by Crippen LogP contribution is 2.21. The zero-order chi connectivity index (χ0) is 20.9. The Kier molecular flexibility index (Phi) is 5.57. The second kappa shape index (κ2) is 8.62. The van der Waals surface area contributed by atoms with E-state index in [0.29, 0.717) is 23.4 Å². The Morgan fingerprint density at radius 1 is 0.767 bits per heavy atom. The molecule has 4 rings (SSSR count). The molecule has 0 heterocycles. The van der Waals surface area contributed by atoms with Gasteiger partial charge in [-0.1, -0.05) is 72.8 Å². The van der Waals surface area contributed by atoms with Crippen LogP contribution in [0.4, 0.5) is 5.69 Å². The molecule has 0 aliphatic rings. The zero-order valence-corrected chi connectivity index (χ0v) is 16.7. The first kappa shape index (κ1) is 19.4. The number of carbonyl (C=O) groups excluding carboxylic acids is 2. The number of fused-ring (bicyclic) bond motifs is 1. The van der Waals surface area contributed by atoms with Crippen molar-refractivity contribution in [1.82, 2.24) is 4.90 Å². The average Bonchev–Trinajstić information content (AvgIpc) is 2.79. The summed E-state index contributed by atoms with van der Waals surface area (Å²) in [6.45, 7) is 0.493. The Hall–Kier alpha value is -3.92. The monoisotopic (exact) mass is 394 g/mol. The third kappa shape index (κ3) is 4.23. The van der Waals surface area contributed by atoms with Crippen LogP contribution in [-0.2, 0) is 6.54 Å². The maximum absolute atomic E-state index is 13.0. The first-order chi connectivity index (χ1) is 14.6. The fourth-order valence-electron chi connectivity index (χ4n) is 3.44. The number of rotatable bonds is 5. The fraction of sp³-hybridized carbons (Fsp3) is 0.0769. The van der Waals surface area contributed by atoms with Gasteiger partial charge < -0.3 is 10.2 Å². The maximum Gasteiger partial charge on any atom is 0.256 e. The van der Waals surface area contributed by atoms with Crippen molar-refractivity contribution in [2.45, 2.75) is 6.54 Å². The summed E-state index contributed by atoms with van der Waals surface area (Å²) in [5.41, 5.74) is 2.56. The number of hydrogen-bond donors (Lipinski definition) is 1. The molecule has 0 saturated heterocycles. The summed E-state index contributed by atoms with van der Waals surface area (Å²) in [6, 6.07) is 30.4. The first-order valence-corrected chi connectivity index (χ1v) is 9.80. The molecule has 0 fully saturated rings. The highest BCUT2D eigenvalue weighted by molar-refractivity contribution is 6.10. The van der Waals surface area contributed by atoms with Crippen LogP contribution < -0.4 is 5.32 Å². The quantitative estimate of drug-likeness (QED) is 0.495. The van der Waals surface area contributed by atoms with E-state index in [1.165, 1.54) is 0 Å². The van der Waals surface area contributed by atoms with Gasteiger partial charge in [-0.25, -0.2) is 0 Å². The van der Waals surface area contributed by atoms with E-state index in [0.717, 1.165) is 16.3 Å². The number of benzene rings is 4. The molecule has 4 aromatic rings. The summed E-state index contributed by atoms with van der Waals surface area (Å²) in [5.74, 6) is -0.389. The number of anilines is 1. The minimum Gasteiger partial charge on any atom is -0.337 e. The van der Waals surface area contributed by atoms with E-state index in [9.17, 15) is 9.59 Å². The van der Waals surface area contributed by atoms with Crippen LogP contribution in [-0.4, -0.2) is 23.8 Å². The van der Waals surface area contributed by atoms with E-state index in [1.54, 1.807) is 36.2 Å². The average molecular weight is 394 g/mol. The van der Waals surface area contributed by atoms with E-state index in [4.69, 9.17) is 0 Å². The molecule has 0 bridgehead atoms. The molecule has 0 spiro atoms. The van der Waals surface area contributed by atoms with Crippen molar-refractivity contribution in [3.05, 3.63) is 114 Å². The molecular formula is C26H22N2O2. The molecule has 0 aliphatic heterocycles. The van der Waals surface area contributed by atoms with E-state index < -0.39 is 0 Å². The molecule has 4 nitrogen and oxygen atoms in total. The molecule has 4 aromatic carbocycles. The first-order valence-electron chi connectivity index (χ1n) is 9.80. The third-order valence-corrected chi connectivity index (χ3v) is 5.03. The van der Waals surface area contributed by atoms with Gasteiger partial charge in [0.15, 0.2) is 0 Å². The summed E-state index contributed by atoms with van der Waals surface area (Å²) < 4.78 is 0. The van der Waals surface area contributed by atoms with Gasteiger partial charge in [-0.05, 0) is 40.6 Å². The molecule has 148 valence electrons. The lowest BCUT2D eigenvalue weighted by Gasteiger charge is -2.19. The molecule has 4 heteroatoms. The van der Waals surface area contributed by atoms with Crippen molar-refractivity contribution < 1.29 is 9.59 Å². The van der Waals surface area contributed by atoms with Crippen LogP contribution in [0, 0.1) is 0 Å². The molecule has 0 atom stereocenters. The molecule has 0 saturated carbocycles. The molecule has 0 radical (unpaired) electrons. The van der Waals surface area contributed by atoms with Crippen LogP contribution in [0.3, 0.4) is 0 Å². The second-order valence-corrected chi connectivity index (χ2v) is 7.21. The minimum atomic E-state index is -0.244. The van der Waals surface area contributed by atoms with Crippen molar-refractivity contribution >= 4 is 28.3 Å². The molecule has 30 heavy (non-hydrogen) atoms. The smallest absolute Gasteiger partial charge is 0.256 e. The largest absolute Gasteiger partial charge is 0.337 e. The number of carbonyl (C=O) groups is 2. The van der Waals surface area contributed by atoms with Crippen LogP contribution in [0.5, 0.6) is 0 Å². The normalized spacial score (nSPS) is 10.6. The predicted octanol–water partition coefficient (Wildman–Crippen LogP) is 5.36. The lowest BCUT2D eigenvalue weighted by Crippen LogP contribution is -2.27. The van der Waals surface area contributed by atoms with E-state index in [1.807, 2.05) is 72.8 Å². The predicted molar refractivity (Wildman–Crippen MR) is 121 cm³/mol. The number of para-hydroxylation sites is 1. The molecule has 1 N–H and O–H groups in total. The van der Waals surface area contributed by atoms with Gasteiger partial charge in [-0.3, -0.25) is 9.59 Å². The molecule has 0 aliphatic carbocycles. The Morgan fingerprint density at radius 3 is 2.23 bits per heavy atom. The summed E-state index contributed by atoms with van der Waals surface area (Å²) in [5, 5.41) is 4.98. The van der Waals surface area contributed by atoms with Gasteiger partial charge in [-0.2, -0.15) is 0 Å². The summed E-state index contributed by atoms with van der Waals surface area (Å²) >= 11 is 0.